The molecular formula is C19H21N3O2S. The molecule has 1 unspecified atom stereocenters. The van der Waals surface area contributed by atoms with E-state index in [-0.39, 0.29) is 16.8 Å². The lowest BCUT2D eigenvalue weighted by Gasteiger charge is -2.47. The second kappa shape index (κ2) is 7.14. The van der Waals surface area contributed by atoms with Crippen molar-refractivity contribution in [2.45, 2.75) is 30.3 Å². The summed E-state index contributed by atoms with van der Waals surface area (Å²) < 4.78 is 6.25. The Morgan fingerprint density at radius 1 is 1.24 bits per heavy atom. The molecule has 2 aliphatic rings. The molecule has 1 amide bonds. The van der Waals surface area contributed by atoms with Crippen LogP contribution >= 0.6 is 11.8 Å². The summed E-state index contributed by atoms with van der Waals surface area (Å²) in [6.07, 6.45) is 7.00. The van der Waals surface area contributed by atoms with Crippen molar-refractivity contribution >= 4 is 17.7 Å². The van der Waals surface area contributed by atoms with Crippen LogP contribution in [0.4, 0.5) is 0 Å². The molecule has 4 heterocycles. The van der Waals surface area contributed by atoms with Crippen LogP contribution in [0.15, 0.2) is 48.9 Å². The van der Waals surface area contributed by atoms with Gasteiger partial charge in [-0.3, -0.25) is 14.8 Å². The van der Waals surface area contributed by atoms with E-state index >= 15 is 0 Å². The van der Waals surface area contributed by atoms with E-state index in [2.05, 4.69) is 9.97 Å². The smallest absolute Gasteiger partial charge is 0.228 e. The summed E-state index contributed by atoms with van der Waals surface area (Å²) >= 11 is 1.96. The number of likely N-dealkylation sites (tertiary alicyclic amines) is 1. The first-order valence-corrected chi connectivity index (χ1v) is 9.53. The largest absolute Gasteiger partial charge is 0.373 e. The zero-order chi connectivity index (χ0) is 17.1. The third kappa shape index (κ3) is 3.85. The topological polar surface area (TPSA) is 55.3 Å². The first kappa shape index (κ1) is 16.5. The molecule has 6 heteroatoms. The molecule has 1 atom stereocenters. The lowest BCUT2D eigenvalue weighted by molar-refractivity contribution is -0.136. The quantitative estimate of drug-likeness (QED) is 0.824. The number of aromatic nitrogens is 2. The summed E-state index contributed by atoms with van der Waals surface area (Å²) in [7, 11) is 0. The number of ether oxygens (including phenoxy) is 1. The fourth-order valence-electron chi connectivity index (χ4n) is 3.42. The Morgan fingerprint density at radius 2 is 2.08 bits per heavy atom. The predicted octanol–water partition coefficient (Wildman–Crippen LogP) is 2.32. The molecule has 2 aromatic heterocycles. The Morgan fingerprint density at radius 3 is 2.84 bits per heavy atom. The highest BCUT2D eigenvalue weighted by atomic mass is 32.2. The van der Waals surface area contributed by atoms with Gasteiger partial charge in [-0.15, -0.1) is 11.8 Å². The summed E-state index contributed by atoms with van der Waals surface area (Å²) in [5.41, 5.74) is 1.99. The molecule has 0 aromatic carbocycles. The molecule has 2 aromatic rings. The highest BCUT2D eigenvalue weighted by Gasteiger charge is 2.50. The number of carbonyl (C=O) groups is 1. The van der Waals surface area contributed by atoms with Gasteiger partial charge in [0.25, 0.3) is 0 Å². The summed E-state index contributed by atoms with van der Waals surface area (Å²) in [5.74, 6) is 1.18. The molecule has 0 radical (unpaired) electrons. The number of carbonyl (C=O) groups excluding carboxylic acids is 1. The summed E-state index contributed by atoms with van der Waals surface area (Å²) in [6.45, 7) is 2.29. The Balaban J connectivity index is 1.24. The fourth-order valence-corrected chi connectivity index (χ4v) is 4.97. The van der Waals surface area contributed by atoms with Gasteiger partial charge in [0.1, 0.15) is 0 Å². The number of hydrogen-bond acceptors (Lipinski definition) is 5. The van der Waals surface area contributed by atoms with E-state index in [4.69, 9.17) is 4.74 Å². The summed E-state index contributed by atoms with van der Waals surface area (Å²) in [5, 5.41) is 0. The van der Waals surface area contributed by atoms with Gasteiger partial charge in [0, 0.05) is 43.1 Å². The van der Waals surface area contributed by atoms with Crippen LogP contribution in [0.5, 0.6) is 0 Å². The van der Waals surface area contributed by atoms with Crippen molar-refractivity contribution in [3.05, 3.63) is 60.2 Å². The minimum atomic E-state index is 0.172. The Hall–Kier alpha value is -1.92. The average molecular weight is 355 g/mol. The first-order valence-electron chi connectivity index (χ1n) is 8.55. The van der Waals surface area contributed by atoms with Crippen LogP contribution in [0, 0.1) is 0 Å². The number of nitrogens with zero attached hydrogens (tertiary/aromatic N) is 3. The molecule has 1 spiro atoms. The van der Waals surface area contributed by atoms with Gasteiger partial charge in [-0.05, 0) is 36.2 Å². The van der Waals surface area contributed by atoms with Crippen molar-refractivity contribution in [3.8, 4) is 0 Å². The SMILES string of the molecule is O=C(Cc1ccccn1)N1CC2(CC(OCc3ccncc3)CS2)C1. The van der Waals surface area contributed by atoms with Crippen molar-refractivity contribution in [1.29, 1.82) is 0 Å². The number of hydrogen-bond donors (Lipinski definition) is 0. The first-order chi connectivity index (χ1) is 12.2. The van der Waals surface area contributed by atoms with Gasteiger partial charge in [-0.2, -0.15) is 0 Å². The Kier molecular flexibility index (Phi) is 4.72. The van der Waals surface area contributed by atoms with Gasteiger partial charge >= 0.3 is 0 Å². The van der Waals surface area contributed by atoms with E-state index in [0.717, 1.165) is 36.5 Å². The monoisotopic (exact) mass is 355 g/mol. The minimum absolute atomic E-state index is 0.172. The number of amides is 1. The van der Waals surface area contributed by atoms with E-state index in [1.165, 1.54) is 0 Å². The predicted molar refractivity (Wildman–Crippen MR) is 97.1 cm³/mol. The van der Waals surface area contributed by atoms with E-state index in [0.29, 0.717) is 13.0 Å². The maximum absolute atomic E-state index is 12.4. The van der Waals surface area contributed by atoms with Crippen molar-refractivity contribution in [2.24, 2.45) is 0 Å². The molecule has 2 aliphatic heterocycles. The van der Waals surface area contributed by atoms with Crippen LogP contribution in [0.2, 0.25) is 0 Å². The van der Waals surface area contributed by atoms with Gasteiger partial charge in [0.2, 0.25) is 5.91 Å². The standard InChI is InChI=1S/C19H21N3O2S/c23-18(9-16-3-1-2-6-21-16)22-13-19(14-22)10-17(12-25-19)24-11-15-4-7-20-8-5-15/h1-8,17H,9-14H2. The van der Waals surface area contributed by atoms with Crippen LogP contribution in [0.3, 0.4) is 0 Å². The zero-order valence-corrected chi connectivity index (χ0v) is 14.8. The van der Waals surface area contributed by atoms with Gasteiger partial charge in [0.15, 0.2) is 0 Å². The molecule has 2 saturated heterocycles. The van der Waals surface area contributed by atoms with Gasteiger partial charge < -0.3 is 9.64 Å². The molecule has 4 rings (SSSR count). The highest BCUT2D eigenvalue weighted by Crippen LogP contribution is 2.46. The number of pyridine rings is 2. The lowest BCUT2D eigenvalue weighted by Crippen LogP contribution is -2.61. The van der Waals surface area contributed by atoms with Crippen LogP contribution in [-0.2, 0) is 22.6 Å². The maximum atomic E-state index is 12.4. The Labute approximate surface area is 151 Å². The molecule has 130 valence electrons. The van der Waals surface area contributed by atoms with Crippen LogP contribution in [0.25, 0.3) is 0 Å². The van der Waals surface area contributed by atoms with Crippen molar-refractivity contribution in [3.63, 3.8) is 0 Å². The normalized spacial score (nSPS) is 21.3. The van der Waals surface area contributed by atoms with E-state index in [9.17, 15) is 4.79 Å². The van der Waals surface area contributed by atoms with Gasteiger partial charge in [0.05, 0.1) is 23.9 Å². The van der Waals surface area contributed by atoms with Gasteiger partial charge in [-0.25, -0.2) is 0 Å². The molecule has 0 saturated carbocycles. The van der Waals surface area contributed by atoms with Crippen LogP contribution < -0.4 is 0 Å². The lowest BCUT2D eigenvalue weighted by atomic mass is 9.92. The van der Waals surface area contributed by atoms with E-state index in [1.807, 2.05) is 47.0 Å². The molecule has 0 aliphatic carbocycles. The number of thioether (sulfide) groups is 1. The number of rotatable bonds is 5. The molecule has 2 fully saturated rings. The summed E-state index contributed by atoms with van der Waals surface area (Å²) in [4.78, 5) is 22.6. The second-order valence-electron chi connectivity index (χ2n) is 6.73. The zero-order valence-electron chi connectivity index (χ0n) is 14.0. The van der Waals surface area contributed by atoms with E-state index in [1.54, 1.807) is 18.6 Å². The van der Waals surface area contributed by atoms with Gasteiger partial charge in [-0.1, -0.05) is 6.07 Å². The van der Waals surface area contributed by atoms with Crippen molar-refractivity contribution in [2.75, 3.05) is 18.8 Å². The highest BCUT2D eigenvalue weighted by molar-refractivity contribution is 8.01. The average Bonchev–Trinajstić information content (AvgIpc) is 3.05. The molecule has 5 nitrogen and oxygen atoms in total. The van der Waals surface area contributed by atoms with Crippen molar-refractivity contribution in [1.82, 2.24) is 14.9 Å². The minimum Gasteiger partial charge on any atom is -0.373 e. The second-order valence-corrected chi connectivity index (χ2v) is 8.22. The molecule has 0 N–H and O–H groups in total. The van der Waals surface area contributed by atoms with Crippen molar-refractivity contribution < 1.29 is 9.53 Å². The van der Waals surface area contributed by atoms with E-state index < -0.39 is 0 Å². The maximum Gasteiger partial charge on any atom is 0.228 e. The molecule has 25 heavy (non-hydrogen) atoms. The summed E-state index contributed by atoms with van der Waals surface area (Å²) in [6, 6.07) is 9.66. The van der Waals surface area contributed by atoms with Crippen LogP contribution in [0.1, 0.15) is 17.7 Å². The third-order valence-corrected chi connectivity index (χ3v) is 6.36. The fraction of sp³-hybridized carbons (Fsp3) is 0.421. The molecule has 0 bridgehead atoms. The van der Waals surface area contributed by atoms with Crippen LogP contribution in [-0.4, -0.2) is 50.5 Å². The molecular weight excluding hydrogens is 334 g/mol. The third-order valence-electron chi connectivity index (χ3n) is 4.78. The Bertz CT molecular complexity index is 720.